The van der Waals surface area contributed by atoms with Crippen molar-refractivity contribution in [2.45, 2.75) is 52.1 Å². The number of hydrogen-bond donors (Lipinski definition) is 2. The van der Waals surface area contributed by atoms with E-state index < -0.39 is 12.0 Å². The highest BCUT2D eigenvalue weighted by molar-refractivity contribution is 6.04. The number of aliphatic carboxylic acids is 1. The Labute approximate surface area is 119 Å². The van der Waals surface area contributed by atoms with Crippen molar-refractivity contribution in [3.05, 3.63) is 34.4 Å². The molecule has 1 aliphatic carbocycles. The molecule has 4 nitrogen and oxygen atoms in total. The molecule has 0 saturated heterocycles. The minimum absolute atomic E-state index is 0.102. The van der Waals surface area contributed by atoms with Crippen LogP contribution in [0.3, 0.4) is 0 Å². The molecule has 1 aliphatic rings. The van der Waals surface area contributed by atoms with E-state index in [1.807, 2.05) is 32.9 Å². The van der Waals surface area contributed by atoms with Gasteiger partial charge in [-0.05, 0) is 44.7 Å². The second-order valence-corrected chi connectivity index (χ2v) is 5.73. The van der Waals surface area contributed by atoms with Gasteiger partial charge in [-0.2, -0.15) is 0 Å². The first-order valence-electron chi connectivity index (χ1n) is 6.98. The summed E-state index contributed by atoms with van der Waals surface area (Å²) >= 11 is 0. The second kappa shape index (κ2) is 5.75. The Morgan fingerprint density at radius 3 is 2.25 bits per heavy atom. The van der Waals surface area contributed by atoms with Crippen LogP contribution >= 0.6 is 0 Å². The highest BCUT2D eigenvalue weighted by Gasteiger charge is 2.31. The van der Waals surface area contributed by atoms with Gasteiger partial charge >= 0.3 is 5.97 Å². The number of Topliss-reactive ketones (excluding diaryl/α,β-unsaturated/α-hetero) is 1. The van der Waals surface area contributed by atoms with Gasteiger partial charge in [0.05, 0.1) is 12.5 Å². The first-order valence-corrected chi connectivity index (χ1v) is 6.98. The van der Waals surface area contributed by atoms with Crippen molar-refractivity contribution in [2.24, 2.45) is 0 Å². The molecule has 1 unspecified atom stereocenters. The third kappa shape index (κ3) is 3.45. The Morgan fingerprint density at radius 2 is 1.80 bits per heavy atom. The molecule has 0 amide bonds. The monoisotopic (exact) mass is 275 g/mol. The Bertz CT molecular complexity index is 524. The number of carbonyl (C=O) groups excluding carboxylic acids is 1. The maximum atomic E-state index is 12.7. The molecular weight excluding hydrogens is 254 g/mol. The summed E-state index contributed by atoms with van der Waals surface area (Å²) < 4.78 is 0. The number of rotatable bonds is 6. The van der Waals surface area contributed by atoms with Crippen molar-refractivity contribution in [3.8, 4) is 0 Å². The third-order valence-electron chi connectivity index (χ3n) is 3.63. The van der Waals surface area contributed by atoms with E-state index in [0.29, 0.717) is 11.6 Å². The summed E-state index contributed by atoms with van der Waals surface area (Å²) in [5.41, 5.74) is 3.61. The molecule has 0 aliphatic heterocycles. The van der Waals surface area contributed by atoms with Gasteiger partial charge in [-0.25, -0.2) is 0 Å². The molecular formula is C16H21NO3. The Balaban J connectivity index is 2.28. The number of carboxylic acids is 1. The average Bonchev–Trinajstić information content (AvgIpc) is 3.09. The first kappa shape index (κ1) is 14.7. The van der Waals surface area contributed by atoms with E-state index in [1.165, 1.54) is 0 Å². The SMILES string of the molecule is Cc1cc(C)c(C(=O)C(CC(=O)O)NC2CC2)c(C)c1. The van der Waals surface area contributed by atoms with Crippen LogP contribution in [-0.2, 0) is 4.79 Å². The normalized spacial score (nSPS) is 15.9. The van der Waals surface area contributed by atoms with E-state index in [9.17, 15) is 9.59 Å². The van der Waals surface area contributed by atoms with Crippen LogP contribution in [0.4, 0.5) is 0 Å². The van der Waals surface area contributed by atoms with Crippen LogP contribution in [0, 0.1) is 20.8 Å². The summed E-state index contributed by atoms with van der Waals surface area (Å²) in [4.78, 5) is 23.6. The molecule has 1 fully saturated rings. The zero-order valence-corrected chi connectivity index (χ0v) is 12.2. The molecule has 1 aromatic carbocycles. The van der Waals surface area contributed by atoms with E-state index in [2.05, 4.69) is 5.32 Å². The first-order chi connectivity index (χ1) is 9.38. The third-order valence-corrected chi connectivity index (χ3v) is 3.63. The Hall–Kier alpha value is -1.68. The van der Waals surface area contributed by atoms with Crippen LogP contribution in [0.15, 0.2) is 12.1 Å². The molecule has 1 saturated carbocycles. The predicted molar refractivity (Wildman–Crippen MR) is 77.2 cm³/mol. The number of ketones is 1. The number of carbonyl (C=O) groups is 2. The predicted octanol–water partition coefficient (Wildman–Crippen LogP) is 2.39. The zero-order valence-electron chi connectivity index (χ0n) is 12.2. The average molecular weight is 275 g/mol. The standard InChI is InChI=1S/C16H21NO3/c1-9-6-10(2)15(11(3)7-9)16(20)13(8-14(18)19)17-12-4-5-12/h6-7,12-13,17H,4-5,8H2,1-3H3,(H,18,19). The quantitative estimate of drug-likeness (QED) is 0.782. The van der Waals surface area contributed by atoms with Crippen molar-refractivity contribution < 1.29 is 14.7 Å². The van der Waals surface area contributed by atoms with E-state index in [4.69, 9.17) is 5.11 Å². The van der Waals surface area contributed by atoms with E-state index in [0.717, 1.165) is 29.5 Å². The Morgan fingerprint density at radius 1 is 1.25 bits per heavy atom. The van der Waals surface area contributed by atoms with Gasteiger partial charge in [0.1, 0.15) is 0 Å². The summed E-state index contributed by atoms with van der Waals surface area (Å²) in [6.45, 7) is 5.80. The fourth-order valence-electron chi connectivity index (χ4n) is 2.68. The highest BCUT2D eigenvalue weighted by atomic mass is 16.4. The molecule has 0 spiro atoms. The molecule has 4 heteroatoms. The van der Waals surface area contributed by atoms with Crippen LogP contribution in [0.25, 0.3) is 0 Å². The molecule has 0 aromatic heterocycles. The van der Waals surface area contributed by atoms with Gasteiger partial charge in [0.2, 0.25) is 0 Å². The zero-order chi connectivity index (χ0) is 14.9. The van der Waals surface area contributed by atoms with Crippen molar-refractivity contribution in [1.82, 2.24) is 5.32 Å². The van der Waals surface area contributed by atoms with E-state index in [1.54, 1.807) is 0 Å². The summed E-state index contributed by atoms with van der Waals surface area (Å²) in [6, 6.07) is 3.61. The fourth-order valence-corrected chi connectivity index (χ4v) is 2.68. The lowest BCUT2D eigenvalue weighted by molar-refractivity contribution is -0.137. The fraction of sp³-hybridized carbons (Fsp3) is 0.500. The smallest absolute Gasteiger partial charge is 0.305 e. The van der Waals surface area contributed by atoms with Crippen LogP contribution in [0.1, 0.15) is 46.3 Å². The van der Waals surface area contributed by atoms with Crippen LogP contribution in [-0.4, -0.2) is 28.9 Å². The van der Waals surface area contributed by atoms with Gasteiger partial charge in [0, 0.05) is 11.6 Å². The minimum atomic E-state index is -0.945. The number of hydrogen-bond acceptors (Lipinski definition) is 3. The summed E-state index contributed by atoms with van der Waals surface area (Å²) in [5, 5.41) is 12.2. The van der Waals surface area contributed by atoms with Crippen LogP contribution < -0.4 is 5.32 Å². The van der Waals surface area contributed by atoms with E-state index in [-0.39, 0.29) is 12.2 Å². The van der Waals surface area contributed by atoms with Gasteiger partial charge in [-0.1, -0.05) is 17.7 Å². The van der Waals surface area contributed by atoms with Crippen LogP contribution in [0.5, 0.6) is 0 Å². The van der Waals surface area contributed by atoms with Crippen molar-refractivity contribution in [2.75, 3.05) is 0 Å². The van der Waals surface area contributed by atoms with Gasteiger partial charge in [-0.3, -0.25) is 9.59 Å². The van der Waals surface area contributed by atoms with Gasteiger partial charge in [0.25, 0.3) is 0 Å². The number of benzene rings is 1. The lowest BCUT2D eigenvalue weighted by Crippen LogP contribution is -2.40. The minimum Gasteiger partial charge on any atom is -0.481 e. The number of nitrogens with one attached hydrogen (secondary N) is 1. The van der Waals surface area contributed by atoms with Gasteiger partial charge < -0.3 is 10.4 Å². The molecule has 2 N–H and O–H groups in total. The lowest BCUT2D eigenvalue weighted by Gasteiger charge is -2.18. The van der Waals surface area contributed by atoms with E-state index >= 15 is 0 Å². The second-order valence-electron chi connectivity index (χ2n) is 5.73. The molecule has 1 aromatic rings. The maximum Gasteiger partial charge on any atom is 0.305 e. The molecule has 0 radical (unpaired) electrons. The Kier molecular flexibility index (Phi) is 4.23. The largest absolute Gasteiger partial charge is 0.481 e. The number of carboxylic acid groups (broad SMARTS) is 1. The molecule has 0 heterocycles. The molecule has 2 rings (SSSR count). The summed E-state index contributed by atoms with van der Waals surface area (Å²) in [7, 11) is 0. The topological polar surface area (TPSA) is 66.4 Å². The molecule has 0 bridgehead atoms. The lowest BCUT2D eigenvalue weighted by atomic mass is 9.92. The summed E-state index contributed by atoms with van der Waals surface area (Å²) in [5.74, 6) is -1.05. The maximum absolute atomic E-state index is 12.7. The van der Waals surface area contributed by atoms with Crippen LogP contribution in [0.2, 0.25) is 0 Å². The molecule has 1 atom stereocenters. The molecule has 20 heavy (non-hydrogen) atoms. The highest BCUT2D eigenvalue weighted by Crippen LogP contribution is 2.23. The van der Waals surface area contributed by atoms with Gasteiger partial charge in [0.15, 0.2) is 5.78 Å². The van der Waals surface area contributed by atoms with Crippen molar-refractivity contribution >= 4 is 11.8 Å². The summed E-state index contributed by atoms with van der Waals surface area (Å²) in [6.07, 6.45) is 1.88. The van der Waals surface area contributed by atoms with Gasteiger partial charge in [-0.15, -0.1) is 0 Å². The van der Waals surface area contributed by atoms with Crippen molar-refractivity contribution in [1.29, 1.82) is 0 Å². The van der Waals surface area contributed by atoms with Crippen molar-refractivity contribution in [3.63, 3.8) is 0 Å². The molecule has 108 valence electrons. The number of aryl methyl sites for hydroxylation is 3.